The second kappa shape index (κ2) is 9.10. The zero-order valence-corrected chi connectivity index (χ0v) is 16.4. The van der Waals surface area contributed by atoms with E-state index < -0.39 is 0 Å². The third-order valence-corrected chi connectivity index (χ3v) is 4.46. The molecule has 2 heterocycles. The number of nitrogens with zero attached hydrogens (tertiary/aromatic N) is 1. The molecule has 1 aromatic carbocycles. The molecule has 2 N–H and O–H groups in total. The molecule has 0 radical (unpaired) electrons. The van der Waals surface area contributed by atoms with Crippen LogP contribution in [0.5, 0.6) is 11.5 Å². The van der Waals surface area contributed by atoms with Crippen molar-refractivity contribution in [2.45, 2.75) is 0 Å². The number of fused-ring (bicyclic) bond motifs is 1. The number of amides is 1. The molecule has 6 heteroatoms. The quantitative estimate of drug-likeness (QED) is 0.713. The summed E-state index contributed by atoms with van der Waals surface area (Å²) in [5, 5.41) is 6.39. The van der Waals surface area contributed by atoms with Crippen molar-refractivity contribution in [3.8, 4) is 11.5 Å². The molecule has 6 nitrogen and oxygen atoms in total. The van der Waals surface area contributed by atoms with Crippen LogP contribution in [0.3, 0.4) is 0 Å². The van der Waals surface area contributed by atoms with Crippen molar-refractivity contribution in [2.24, 2.45) is 0 Å². The lowest BCUT2D eigenvalue weighted by atomic mass is 10.0. The molecule has 2 aliphatic heterocycles. The topological polar surface area (TPSA) is 62.8 Å². The number of nitrogens with one attached hydrogen (secondary N) is 2. The summed E-state index contributed by atoms with van der Waals surface area (Å²) in [5.74, 6) is 1.16. The van der Waals surface area contributed by atoms with Crippen LogP contribution in [0.4, 0.5) is 0 Å². The zero-order valence-electron chi connectivity index (χ0n) is 16.4. The highest BCUT2D eigenvalue weighted by Crippen LogP contribution is 2.31. The standard InChI is InChI=1S/C22H25N3O3/c1-23-11-12-24-18-8-9-19-6-4-5-16(14-22(26)25(19)15-18)17-7-10-20(27-2)21(13-17)28-3/h4-10,13-15,23-24H,11-12H2,1-3H3/b5-4+,16-14+,19-6?. The van der Waals surface area contributed by atoms with Gasteiger partial charge in [-0.15, -0.1) is 0 Å². The summed E-state index contributed by atoms with van der Waals surface area (Å²) in [7, 11) is 5.10. The van der Waals surface area contributed by atoms with E-state index in [4.69, 9.17) is 9.47 Å². The summed E-state index contributed by atoms with van der Waals surface area (Å²) in [4.78, 5) is 14.6. The molecule has 146 valence electrons. The van der Waals surface area contributed by atoms with Gasteiger partial charge in [0.15, 0.2) is 11.5 Å². The molecular weight excluding hydrogens is 354 g/mol. The van der Waals surface area contributed by atoms with Crippen molar-refractivity contribution < 1.29 is 14.3 Å². The van der Waals surface area contributed by atoms with E-state index >= 15 is 0 Å². The fourth-order valence-electron chi connectivity index (χ4n) is 2.97. The number of methoxy groups -OCH3 is 2. The number of likely N-dealkylation sites (N-methyl/N-ethyl adjacent to an activating group) is 1. The second-order valence-corrected chi connectivity index (χ2v) is 6.28. The van der Waals surface area contributed by atoms with Gasteiger partial charge in [-0.1, -0.05) is 18.2 Å². The smallest absolute Gasteiger partial charge is 0.255 e. The van der Waals surface area contributed by atoms with Crippen molar-refractivity contribution in [3.63, 3.8) is 0 Å². The van der Waals surface area contributed by atoms with Crippen LogP contribution in [0.25, 0.3) is 5.57 Å². The third-order valence-electron chi connectivity index (χ3n) is 4.46. The van der Waals surface area contributed by atoms with Crippen molar-refractivity contribution in [1.29, 1.82) is 0 Å². The van der Waals surface area contributed by atoms with Crippen molar-refractivity contribution in [2.75, 3.05) is 34.4 Å². The van der Waals surface area contributed by atoms with E-state index in [-0.39, 0.29) is 5.91 Å². The maximum atomic E-state index is 12.9. The lowest BCUT2D eigenvalue weighted by Gasteiger charge is -2.24. The van der Waals surface area contributed by atoms with Gasteiger partial charge in [0, 0.05) is 31.1 Å². The molecule has 0 bridgehead atoms. The van der Waals surface area contributed by atoms with E-state index in [0.717, 1.165) is 35.6 Å². The molecule has 0 aliphatic carbocycles. The van der Waals surface area contributed by atoms with E-state index in [9.17, 15) is 4.79 Å². The SMILES string of the molecule is CNCCNC1=CN2C(=O)/C=C(c3ccc(OC)c(OC)c3)\C=C\C=C2C=C1. The lowest BCUT2D eigenvalue weighted by molar-refractivity contribution is -0.122. The van der Waals surface area contributed by atoms with Crippen LogP contribution in [0, 0.1) is 0 Å². The Bertz CT molecular complexity index is 894. The average molecular weight is 379 g/mol. The van der Waals surface area contributed by atoms with E-state index in [2.05, 4.69) is 10.6 Å². The maximum Gasteiger partial charge on any atom is 0.255 e. The molecule has 0 saturated carbocycles. The molecule has 0 saturated heterocycles. The number of rotatable bonds is 7. The monoisotopic (exact) mass is 379 g/mol. The summed E-state index contributed by atoms with van der Waals surface area (Å²) < 4.78 is 10.7. The Morgan fingerprint density at radius 1 is 1.04 bits per heavy atom. The molecule has 1 aromatic rings. The van der Waals surface area contributed by atoms with Crippen molar-refractivity contribution in [3.05, 3.63) is 77.8 Å². The normalized spacial score (nSPS) is 18.8. The Hall–Kier alpha value is -3.25. The Labute approximate surface area is 165 Å². The first-order valence-corrected chi connectivity index (χ1v) is 9.10. The third kappa shape index (κ3) is 4.35. The molecule has 1 amide bonds. The van der Waals surface area contributed by atoms with Crippen LogP contribution in [0.1, 0.15) is 5.56 Å². The summed E-state index contributed by atoms with van der Waals surface area (Å²) in [6.45, 7) is 1.62. The molecule has 0 atom stereocenters. The van der Waals surface area contributed by atoms with Gasteiger partial charge in [0.1, 0.15) is 0 Å². The van der Waals surface area contributed by atoms with Gasteiger partial charge in [-0.3, -0.25) is 9.69 Å². The van der Waals surface area contributed by atoms with Crippen LogP contribution in [0.2, 0.25) is 0 Å². The zero-order chi connectivity index (χ0) is 19.9. The van der Waals surface area contributed by atoms with Gasteiger partial charge < -0.3 is 20.1 Å². The average Bonchev–Trinajstić information content (AvgIpc) is 2.72. The van der Waals surface area contributed by atoms with E-state index in [1.165, 1.54) is 0 Å². The Kier molecular flexibility index (Phi) is 6.34. The van der Waals surface area contributed by atoms with Gasteiger partial charge in [0.25, 0.3) is 5.91 Å². The van der Waals surface area contributed by atoms with Crippen LogP contribution < -0.4 is 20.1 Å². The first-order chi connectivity index (χ1) is 13.7. The highest BCUT2D eigenvalue weighted by Gasteiger charge is 2.18. The van der Waals surface area contributed by atoms with Gasteiger partial charge in [-0.2, -0.15) is 0 Å². The number of carbonyl (C=O) groups excluding carboxylic acids is 1. The molecule has 0 aromatic heterocycles. The van der Waals surface area contributed by atoms with E-state index in [1.807, 2.05) is 61.8 Å². The van der Waals surface area contributed by atoms with Crippen LogP contribution >= 0.6 is 0 Å². The van der Waals surface area contributed by atoms with Crippen molar-refractivity contribution >= 4 is 11.5 Å². The van der Waals surface area contributed by atoms with Crippen LogP contribution in [-0.2, 0) is 4.79 Å². The molecule has 28 heavy (non-hydrogen) atoms. The summed E-state index contributed by atoms with van der Waals surface area (Å²) in [5.41, 5.74) is 3.39. The first-order valence-electron chi connectivity index (χ1n) is 9.10. The molecule has 3 rings (SSSR count). The van der Waals surface area contributed by atoms with Crippen molar-refractivity contribution in [1.82, 2.24) is 15.5 Å². The highest BCUT2D eigenvalue weighted by molar-refractivity contribution is 6.00. The number of hydrogen-bond acceptors (Lipinski definition) is 5. The molecule has 0 fully saturated rings. The van der Waals surface area contributed by atoms with Gasteiger partial charge in [0.05, 0.1) is 19.9 Å². The number of carbonyl (C=O) groups is 1. The minimum Gasteiger partial charge on any atom is -0.493 e. The molecule has 2 aliphatic rings. The Morgan fingerprint density at radius 2 is 1.86 bits per heavy atom. The fraction of sp³-hybridized carbons (Fsp3) is 0.227. The number of ether oxygens (including phenoxy) is 2. The predicted octanol–water partition coefficient (Wildman–Crippen LogP) is 2.59. The summed E-state index contributed by atoms with van der Waals surface area (Å²) in [6.07, 6.45) is 13.1. The largest absolute Gasteiger partial charge is 0.493 e. The summed E-state index contributed by atoms with van der Waals surface area (Å²) in [6, 6.07) is 5.61. The second-order valence-electron chi connectivity index (χ2n) is 6.28. The van der Waals surface area contributed by atoms with E-state index in [0.29, 0.717) is 11.5 Å². The van der Waals surface area contributed by atoms with Gasteiger partial charge >= 0.3 is 0 Å². The van der Waals surface area contributed by atoms with Gasteiger partial charge in [0.2, 0.25) is 0 Å². The molecule has 0 spiro atoms. The molecular formula is C22H25N3O3. The van der Waals surface area contributed by atoms with Crippen LogP contribution in [0.15, 0.2) is 72.2 Å². The van der Waals surface area contributed by atoms with Gasteiger partial charge in [-0.25, -0.2) is 0 Å². The molecule has 0 unspecified atom stereocenters. The van der Waals surface area contributed by atoms with Gasteiger partial charge in [-0.05, 0) is 48.5 Å². The number of benzene rings is 1. The first kappa shape index (κ1) is 19.5. The van der Waals surface area contributed by atoms with E-state index in [1.54, 1.807) is 25.2 Å². The fourth-order valence-corrected chi connectivity index (χ4v) is 2.97. The maximum absolute atomic E-state index is 12.9. The van der Waals surface area contributed by atoms with Crippen LogP contribution in [-0.4, -0.2) is 45.2 Å². The Balaban J connectivity index is 1.89. The summed E-state index contributed by atoms with van der Waals surface area (Å²) >= 11 is 0. The number of hydrogen-bond donors (Lipinski definition) is 2. The lowest BCUT2D eigenvalue weighted by Crippen LogP contribution is -2.30. The Morgan fingerprint density at radius 3 is 2.61 bits per heavy atom. The number of allylic oxidation sites excluding steroid dienone is 6. The highest BCUT2D eigenvalue weighted by atomic mass is 16.5. The minimum absolute atomic E-state index is 0.113. The minimum atomic E-state index is -0.113. The predicted molar refractivity (Wildman–Crippen MR) is 111 cm³/mol.